The fraction of sp³-hybridized carbons (Fsp3) is 0.462. The lowest BCUT2D eigenvalue weighted by Crippen LogP contribution is -2.51. The van der Waals surface area contributed by atoms with Crippen LogP contribution in [0.5, 0.6) is 0 Å². The van der Waals surface area contributed by atoms with Gasteiger partial charge >= 0.3 is 0 Å². The Bertz CT molecular complexity index is 1090. The number of nitrogens with zero attached hydrogens (tertiary/aromatic N) is 2. The number of nitrogens with one attached hydrogen (secondary N) is 1. The van der Waals surface area contributed by atoms with Crippen LogP contribution in [0.1, 0.15) is 48.9 Å². The van der Waals surface area contributed by atoms with E-state index in [1.807, 2.05) is 58.0 Å². The molecule has 0 bridgehead atoms. The molecule has 8 heteroatoms. The summed E-state index contributed by atoms with van der Waals surface area (Å²) < 4.78 is 26.5. The normalized spacial score (nSPS) is 12.2. The van der Waals surface area contributed by atoms with Crippen molar-refractivity contribution >= 4 is 27.5 Å². The number of anilines is 1. The number of amides is 2. The predicted octanol–water partition coefficient (Wildman–Crippen LogP) is 3.71. The summed E-state index contributed by atoms with van der Waals surface area (Å²) in [6.45, 7) is 9.78. The molecular weight excluding hydrogens is 450 g/mol. The maximum absolute atomic E-state index is 13.5. The second kappa shape index (κ2) is 12.0. The van der Waals surface area contributed by atoms with Crippen LogP contribution < -0.4 is 9.62 Å². The van der Waals surface area contributed by atoms with Crippen molar-refractivity contribution in [2.24, 2.45) is 0 Å². The van der Waals surface area contributed by atoms with Crippen LogP contribution in [-0.4, -0.2) is 50.5 Å². The Kier molecular flexibility index (Phi) is 9.67. The number of sulfonamides is 1. The van der Waals surface area contributed by atoms with Gasteiger partial charge < -0.3 is 10.2 Å². The number of unbranched alkanes of at least 4 members (excludes halogenated alkanes) is 1. The molecule has 2 aromatic carbocycles. The number of benzene rings is 2. The largest absolute Gasteiger partial charge is 0.354 e. The smallest absolute Gasteiger partial charge is 0.244 e. The van der Waals surface area contributed by atoms with E-state index in [2.05, 4.69) is 5.32 Å². The molecule has 2 rings (SSSR count). The molecule has 0 heterocycles. The first-order chi connectivity index (χ1) is 15.9. The highest BCUT2D eigenvalue weighted by molar-refractivity contribution is 7.92. The SMILES string of the molecule is CCCCNC(=O)C(C)N(Cc1cccc(C)c1)C(=O)CN(c1cc(C)cc(C)c1)S(C)(=O)=O. The molecule has 34 heavy (non-hydrogen) atoms. The van der Waals surface area contributed by atoms with Crippen molar-refractivity contribution in [3.05, 3.63) is 64.7 Å². The molecule has 0 spiro atoms. The van der Waals surface area contributed by atoms with Crippen LogP contribution in [0.15, 0.2) is 42.5 Å². The van der Waals surface area contributed by atoms with Gasteiger partial charge in [-0.3, -0.25) is 13.9 Å². The first kappa shape index (κ1) is 27.4. The van der Waals surface area contributed by atoms with Gasteiger partial charge in [-0.15, -0.1) is 0 Å². The van der Waals surface area contributed by atoms with Crippen LogP contribution >= 0.6 is 0 Å². The van der Waals surface area contributed by atoms with Gasteiger partial charge in [0.25, 0.3) is 0 Å². The summed E-state index contributed by atoms with van der Waals surface area (Å²) in [5.74, 6) is -0.698. The van der Waals surface area contributed by atoms with Gasteiger partial charge in [-0.2, -0.15) is 0 Å². The van der Waals surface area contributed by atoms with Crippen LogP contribution in [-0.2, 0) is 26.2 Å². The Morgan fingerprint density at radius 2 is 1.65 bits per heavy atom. The molecule has 7 nitrogen and oxygen atoms in total. The van der Waals surface area contributed by atoms with Crippen molar-refractivity contribution < 1.29 is 18.0 Å². The lowest BCUT2D eigenvalue weighted by Gasteiger charge is -2.31. The van der Waals surface area contributed by atoms with Crippen molar-refractivity contribution in [3.63, 3.8) is 0 Å². The number of aryl methyl sites for hydroxylation is 3. The summed E-state index contributed by atoms with van der Waals surface area (Å²) in [7, 11) is -3.74. The van der Waals surface area contributed by atoms with E-state index in [4.69, 9.17) is 0 Å². The average molecular weight is 488 g/mol. The number of carbonyl (C=O) groups excluding carboxylic acids is 2. The lowest BCUT2D eigenvalue weighted by molar-refractivity contribution is -0.139. The van der Waals surface area contributed by atoms with E-state index in [1.54, 1.807) is 19.1 Å². The van der Waals surface area contributed by atoms with Gasteiger partial charge in [0, 0.05) is 13.1 Å². The molecule has 1 N–H and O–H groups in total. The Labute approximate surface area is 204 Å². The van der Waals surface area contributed by atoms with Gasteiger partial charge in [0.05, 0.1) is 11.9 Å². The standard InChI is InChI=1S/C26H37N3O4S/c1-7-8-12-27-26(31)22(5)28(17-23-11-9-10-19(2)14-23)25(30)18-29(34(6,32)33)24-15-20(3)13-21(4)16-24/h9-11,13-16,22H,7-8,12,17-18H2,1-6H3,(H,27,31). The summed E-state index contributed by atoms with van der Waals surface area (Å²) in [4.78, 5) is 27.8. The Morgan fingerprint density at radius 1 is 1.00 bits per heavy atom. The molecule has 0 aliphatic rings. The van der Waals surface area contributed by atoms with Crippen LogP contribution in [0.25, 0.3) is 0 Å². The predicted molar refractivity (Wildman–Crippen MR) is 137 cm³/mol. The third-order valence-corrected chi connectivity index (χ3v) is 6.75. The molecule has 1 atom stereocenters. The molecule has 2 amide bonds. The minimum atomic E-state index is -3.74. The molecular formula is C26H37N3O4S. The zero-order valence-corrected chi connectivity index (χ0v) is 21.9. The second-order valence-electron chi connectivity index (χ2n) is 8.95. The van der Waals surface area contributed by atoms with E-state index in [9.17, 15) is 18.0 Å². The zero-order valence-electron chi connectivity index (χ0n) is 21.1. The first-order valence-electron chi connectivity index (χ1n) is 11.6. The summed E-state index contributed by atoms with van der Waals surface area (Å²) in [6.07, 6.45) is 2.88. The van der Waals surface area contributed by atoms with E-state index in [0.717, 1.165) is 45.7 Å². The third kappa shape index (κ3) is 7.87. The highest BCUT2D eigenvalue weighted by atomic mass is 32.2. The summed E-state index contributed by atoms with van der Waals surface area (Å²) in [5.41, 5.74) is 4.15. The summed E-state index contributed by atoms with van der Waals surface area (Å²) >= 11 is 0. The third-order valence-electron chi connectivity index (χ3n) is 5.61. The molecule has 0 aromatic heterocycles. The van der Waals surface area contributed by atoms with Crippen LogP contribution in [0.4, 0.5) is 5.69 Å². The Balaban J connectivity index is 2.38. The number of hydrogen-bond acceptors (Lipinski definition) is 4. The maximum Gasteiger partial charge on any atom is 0.244 e. The molecule has 0 saturated heterocycles. The van der Waals surface area contributed by atoms with Crippen molar-refractivity contribution in [1.29, 1.82) is 0 Å². The van der Waals surface area contributed by atoms with Crippen LogP contribution in [0.3, 0.4) is 0 Å². The van der Waals surface area contributed by atoms with Crippen LogP contribution in [0, 0.1) is 20.8 Å². The minimum Gasteiger partial charge on any atom is -0.354 e. The summed E-state index contributed by atoms with van der Waals surface area (Å²) in [6, 6.07) is 12.4. The van der Waals surface area contributed by atoms with Gasteiger partial charge in [0.1, 0.15) is 12.6 Å². The fourth-order valence-electron chi connectivity index (χ4n) is 3.83. The monoisotopic (exact) mass is 487 g/mol. The molecule has 0 aliphatic heterocycles. The van der Waals surface area contributed by atoms with Gasteiger partial charge in [-0.25, -0.2) is 8.42 Å². The number of hydrogen-bond donors (Lipinski definition) is 1. The van der Waals surface area contributed by atoms with Gasteiger partial charge in [-0.05, 0) is 62.9 Å². The highest BCUT2D eigenvalue weighted by Crippen LogP contribution is 2.22. The van der Waals surface area contributed by atoms with Crippen molar-refractivity contribution in [1.82, 2.24) is 10.2 Å². The fourth-order valence-corrected chi connectivity index (χ4v) is 4.67. The van der Waals surface area contributed by atoms with E-state index in [-0.39, 0.29) is 19.0 Å². The highest BCUT2D eigenvalue weighted by Gasteiger charge is 2.30. The minimum absolute atomic E-state index is 0.202. The van der Waals surface area contributed by atoms with Crippen molar-refractivity contribution in [2.45, 2.75) is 60.0 Å². The zero-order chi connectivity index (χ0) is 25.5. The molecule has 0 radical (unpaired) electrons. The van der Waals surface area contributed by atoms with Crippen molar-refractivity contribution in [2.75, 3.05) is 23.7 Å². The Morgan fingerprint density at radius 3 is 2.21 bits per heavy atom. The van der Waals surface area contributed by atoms with E-state index >= 15 is 0 Å². The van der Waals surface area contributed by atoms with E-state index in [0.29, 0.717) is 12.2 Å². The molecule has 2 aromatic rings. The quantitative estimate of drug-likeness (QED) is 0.490. The molecule has 0 aliphatic carbocycles. The lowest BCUT2D eigenvalue weighted by atomic mass is 10.1. The molecule has 0 fully saturated rings. The topological polar surface area (TPSA) is 86.8 Å². The second-order valence-corrected chi connectivity index (χ2v) is 10.9. The number of rotatable bonds is 11. The summed E-state index contributed by atoms with van der Waals surface area (Å²) in [5, 5.41) is 2.88. The average Bonchev–Trinajstić information content (AvgIpc) is 2.73. The van der Waals surface area contributed by atoms with E-state index in [1.165, 1.54) is 4.90 Å². The molecule has 186 valence electrons. The van der Waals surface area contributed by atoms with Gasteiger partial charge in [-0.1, -0.05) is 49.2 Å². The molecule has 0 saturated carbocycles. The number of carbonyl (C=O) groups is 2. The Hall–Kier alpha value is -2.87. The van der Waals surface area contributed by atoms with Crippen LogP contribution in [0.2, 0.25) is 0 Å². The van der Waals surface area contributed by atoms with Gasteiger partial charge in [0.15, 0.2) is 0 Å². The van der Waals surface area contributed by atoms with E-state index < -0.39 is 22.0 Å². The molecule has 1 unspecified atom stereocenters. The first-order valence-corrected chi connectivity index (χ1v) is 13.5. The van der Waals surface area contributed by atoms with Gasteiger partial charge in [0.2, 0.25) is 21.8 Å². The van der Waals surface area contributed by atoms with Crippen molar-refractivity contribution in [3.8, 4) is 0 Å². The maximum atomic E-state index is 13.5.